The van der Waals surface area contributed by atoms with E-state index in [0.29, 0.717) is 4.67 Å². The van der Waals surface area contributed by atoms with Gasteiger partial charge in [-0.25, -0.2) is 0 Å². The molecular weight excluding hydrogens is 346 g/mol. The maximum absolute atomic E-state index is 6.28. The van der Waals surface area contributed by atoms with Crippen LogP contribution in [0.5, 0.6) is 0 Å². The Morgan fingerprint density at radius 1 is 1.12 bits per heavy atom. The summed E-state index contributed by atoms with van der Waals surface area (Å²) in [6.45, 7) is 4.12. The lowest BCUT2D eigenvalue weighted by Gasteiger charge is -2.15. The molecule has 17 heavy (non-hydrogen) atoms. The van der Waals surface area contributed by atoms with E-state index in [4.69, 9.17) is 10.2 Å². The van der Waals surface area contributed by atoms with E-state index in [1.807, 2.05) is 6.07 Å². The van der Waals surface area contributed by atoms with Crippen molar-refractivity contribution >= 4 is 31.9 Å². The van der Waals surface area contributed by atoms with Gasteiger partial charge in [-0.1, -0.05) is 22.0 Å². The molecule has 0 saturated heterocycles. The van der Waals surface area contributed by atoms with Crippen molar-refractivity contribution in [1.29, 1.82) is 0 Å². The molecule has 2 rings (SSSR count). The molecule has 0 aliphatic heterocycles. The van der Waals surface area contributed by atoms with Gasteiger partial charge < -0.3 is 10.2 Å². The van der Waals surface area contributed by atoms with Gasteiger partial charge in [0.1, 0.15) is 0 Å². The fourth-order valence-corrected chi connectivity index (χ4v) is 2.78. The number of hydrogen-bond acceptors (Lipinski definition) is 2. The SMILES string of the molecule is Cc1cc(C(N)c2ccoc2Br)c(C)cc1Br. The second kappa shape index (κ2) is 4.96. The van der Waals surface area contributed by atoms with E-state index in [0.717, 1.165) is 15.6 Å². The van der Waals surface area contributed by atoms with Gasteiger partial charge in [-0.3, -0.25) is 0 Å². The predicted molar refractivity (Wildman–Crippen MR) is 76.1 cm³/mol. The number of nitrogens with two attached hydrogens (primary N) is 1. The Morgan fingerprint density at radius 3 is 2.41 bits per heavy atom. The van der Waals surface area contributed by atoms with Crippen molar-refractivity contribution < 1.29 is 4.42 Å². The predicted octanol–water partition coefficient (Wildman–Crippen LogP) is 4.47. The molecule has 2 N–H and O–H groups in total. The molecule has 0 bridgehead atoms. The van der Waals surface area contributed by atoms with E-state index in [1.54, 1.807) is 6.26 Å². The number of aryl methyl sites for hydroxylation is 2. The molecule has 2 aromatic rings. The maximum atomic E-state index is 6.28. The monoisotopic (exact) mass is 357 g/mol. The Morgan fingerprint density at radius 2 is 1.82 bits per heavy atom. The van der Waals surface area contributed by atoms with Crippen LogP contribution in [-0.4, -0.2) is 0 Å². The maximum Gasteiger partial charge on any atom is 0.174 e. The van der Waals surface area contributed by atoms with Crippen molar-refractivity contribution in [3.05, 3.63) is 55.9 Å². The summed E-state index contributed by atoms with van der Waals surface area (Å²) in [6.07, 6.45) is 1.64. The highest BCUT2D eigenvalue weighted by Crippen LogP contribution is 2.31. The molecule has 1 heterocycles. The van der Waals surface area contributed by atoms with Crippen molar-refractivity contribution in [2.75, 3.05) is 0 Å². The van der Waals surface area contributed by atoms with Crippen LogP contribution in [0.25, 0.3) is 0 Å². The molecular formula is C13H13Br2NO. The van der Waals surface area contributed by atoms with Crippen LogP contribution in [0, 0.1) is 13.8 Å². The summed E-state index contributed by atoms with van der Waals surface area (Å²) in [6, 6.07) is 5.93. The lowest BCUT2D eigenvalue weighted by Crippen LogP contribution is -2.13. The summed E-state index contributed by atoms with van der Waals surface area (Å²) in [5, 5.41) is 0. The van der Waals surface area contributed by atoms with Crippen LogP contribution in [0.2, 0.25) is 0 Å². The van der Waals surface area contributed by atoms with Crippen LogP contribution in [0.1, 0.15) is 28.3 Å². The molecule has 1 atom stereocenters. The van der Waals surface area contributed by atoms with Gasteiger partial charge in [0.05, 0.1) is 12.3 Å². The van der Waals surface area contributed by atoms with Gasteiger partial charge in [-0.2, -0.15) is 0 Å². The van der Waals surface area contributed by atoms with Crippen molar-refractivity contribution in [2.24, 2.45) is 5.73 Å². The zero-order chi connectivity index (χ0) is 12.6. The number of rotatable bonds is 2. The van der Waals surface area contributed by atoms with E-state index < -0.39 is 0 Å². The zero-order valence-electron chi connectivity index (χ0n) is 9.63. The normalized spacial score (nSPS) is 12.8. The summed E-state index contributed by atoms with van der Waals surface area (Å²) < 4.78 is 7.04. The van der Waals surface area contributed by atoms with E-state index in [1.165, 1.54) is 11.1 Å². The summed E-state index contributed by atoms with van der Waals surface area (Å²) in [5.74, 6) is 0. The van der Waals surface area contributed by atoms with Gasteiger partial charge in [-0.05, 0) is 58.6 Å². The van der Waals surface area contributed by atoms with E-state index in [9.17, 15) is 0 Å². The van der Waals surface area contributed by atoms with Crippen LogP contribution >= 0.6 is 31.9 Å². The highest BCUT2D eigenvalue weighted by atomic mass is 79.9. The Labute approximate surface area is 117 Å². The summed E-state index contributed by atoms with van der Waals surface area (Å²) in [7, 11) is 0. The zero-order valence-corrected chi connectivity index (χ0v) is 12.8. The van der Waals surface area contributed by atoms with E-state index in [-0.39, 0.29) is 6.04 Å². The Balaban J connectivity index is 2.48. The fourth-order valence-electron chi connectivity index (χ4n) is 1.83. The summed E-state index contributed by atoms with van der Waals surface area (Å²) >= 11 is 6.89. The average Bonchev–Trinajstić information content (AvgIpc) is 2.69. The first kappa shape index (κ1) is 12.9. The van der Waals surface area contributed by atoms with Gasteiger partial charge in [0, 0.05) is 10.0 Å². The molecule has 0 fully saturated rings. The van der Waals surface area contributed by atoms with Crippen LogP contribution in [0.3, 0.4) is 0 Å². The van der Waals surface area contributed by atoms with Gasteiger partial charge in [0.25, 0.3) is 0 Å². The molecule has 4 heteroatoms. The minimum Gasteiger partial charge on any atom is -0.457 e. The first-order valence-electron chi connectivity index (χ1n) is 5.26. The number of benzene rings is 1. The minimum absolute atomic E-state index is 0.171. The van der Waals surface area contributed by atoms with Crippen LogP contribution in [-0.2, 0) is 0 Å². The van der Waals surface area contributed by atoms with Crippen LogP contribution in [0.4, 0.5) is 0 Å². The molecule has 1 aromatic carbocycles. The molecule has 0 radical (unpaired) electrons. The van der Waals surface area contributed by atoms with E-state index >= 15 is 0 Å². The van der Waals surface area contributed by atoms with Crippen molar-refractivity contribution in [3.63, 3.8) is 0 Å². The van der Waals surface area contributed by atoms with Gasteiger partial charge in [-0.15, -0.1) is 0 Å². The molecule has 1 unspecified atom stereocenters. The Hall–Kier alpha value is -0.580. The highest BCUT2D eigenvalue weighted by molar-refractivity contribution is 9.10. The summed E-state index contributed by atoms with van der Waals surface area (Å²) in [4.78, 5) is 0. The topological polar surface area (TPSA) is 39.2 Å². The minimum atomic E-state index is -0.171. The molecule has 2 nitrogen and oxygen atoms in total. The molecule has 1 aromatic heterocycles. The first-order valence-corrected chi connectivity index (χ1v) is 6.84. The third-order valence-electron chi connectivity index (χ3n) is 2.86. The molecule has 0 aliphatic carbocycles. The molecule has 0 saturated carbocycles. The van der Waals surface area contributed by atoms with Gasteiger partial charge in [0.15, 0.2) is 4.67 Å². The smallest absolute Gasteiger partial charge is 0.174 e. The summed E-state index contributed by atoms with van der Waals surface area (Å²) in [5.41, 5.74) is 10.7. The number of furan rings is 1. The largest absolute Gasteiger partial charge is 0.457 e. The van der Waals surface area contributed by atoms with Crippen LogP contribution < -0.4 is 5.73 Å². The Kier molecular flexibility index (Phi) is 3.76. The second-order valence-corrected chi connectivity index (χ2v) is 5.66. The third-order valence-corrected chi connectivity index (χ3v) is 4.36. The van der Waals surface area contributed by atoms with Crippen molar-refractivity contribution in [2.45, 2.75) is 19.9 Å². The first-order chi connectivity index (χ1) is 8.00. The molecule has 0 spiro atoms. The molecule has 90 valence electrons. The van der Waals surface area contributed by atoms with Crippen LogP contribution in [0.15, 0.2) is 38.0 Å². The average molecular weight is 359 g/mol. The number of hydrogen-bond donors (Lipinski definition) is 1. The fraction of sp³-hybridized carbons (Fsp3) is 0.231. The molecule has 0 aliphatic rings. The standard InChI is InChI=1S/C13H13Br2NO/c1-7-6-11(14)8(2)5-10(7)12(16)9-3-4-17-13(9)15/h3-6,12H,16H2,1-2H3. The Bertz CT molecular complexity index is 548. The third kappa shape index (κ3) is 2.49. The number of halogens is 2. The quantitative estimate of drug-likeness (QED) is 0.860. The van der Waals surface area contributed by atoms with Crippen molar-refractivity contribution in [3.8, 4) is 0 Å². The lowest BCUT2D eigenvalue weighted by molar-refractivity contribution is 0.534. The van der Waals surface area contributed by atoms with Crippen molar-refractivity contribution in [1.82, 2.24) is 0 Å². The van der Waals surface area contributed by atoms with Gasteiger partial charge >= 0.3 is 0 Å². The van der Waals surface area contributed by atoms with E-state index in [2.05, 4.69) is 57.8 Å². The molecule has 0 amide bonds. The highest BCUT2D eigenvalue weighted by Gasteiger charge is 2.17. The lowest BCUT2D eigenvalue weighted by atomic mass is 9.96. The second-order valence-electron chi connectivity index (χ2n) is 4.09. The van der Waals surface area contributed by atoms with Gasteiger partial charge in [0.2, 0.25) is 0 Å².